The highest BCUT2D eigenvalue weighted by Gasteiger charge is 2.44. The summed E-state index contributed by atoms with van der Waals surface area (Å²) in [5.74, 6) is 0. The van der Waals surface area contributed by atoms with E-state index >= 15 is 0 Å². The molecular weight excluding hydrogens is 740 g/mol. The molecule has 0 unspecified atom stereocenters. The summed E-state index contributed by atoms with van der Waals surface area (Å²) in [7, 11) is -5.84. The van der Waals surface area contributed by atoms with Gasteiger partial charge in [0, 0.05) is 0 Å². The van der Waals surface area contributed by atoms with Crippen LogP contribution in [-0.2, 0) is 10.1 Å². The first-order valence-corrected chi connectivity index (χ1v) is 26.8. The Morgan fingerprint density at radius 2 is 0.439 bits per heavy atom. The first-order chi connectivity index (χ1) is 27.6. The van der Waals surface area contributed by atoms with Gasteiger partial charge in [0.25, 0.3) is 0 Å². The molecule has 4 nitrogen and oxygen atoms in total. The lowest BCUT2D eigenvalue weighted by Crippen LogP contribution is -2.27. The van der Waals surface area contributed by atoms with Crippen molar-refractivity contribution in [2.75, 3.05) is 19.6 Å². The zero-order valence-corrected chi connectivity index (χ0v) is 39.4. The normalized spacial score (nSPS) is 12.1. The third-order valence-electron chi connectivity index (χ3n) is 11.8. The van der Waals surface area contributed by atoms with Gasteiger partial charge in [-0.15, -0.1) is 0 Å². The maximum absolute atomic E-state index is 10.7. The fourth-order valence-electron chi connectivity index (χ4n) is 7.93. The molecule has 0 heterocycles. The van der Waals surface area contributed by atoms with E-state index in [9.17, 15) is 13.2 Å². The molecule has 0 amide bonds. The van der Waals surface area contributed by atoms with Gasteiger partial charge < -0.3 is 4.90 Å². The maximum atomic E-state index is 10.7. The molecule has 0 spiro atoms. The Bertz CT molecular complexity index is 779. The Balaban J connectivity index is 0. The predicted octanol–water partition coefficient (Wildman–Crippen LogP) is 18.1. The molecule has 0 aromatic heterocycles. The lowest BCUT2D eigenvalue weighted by atomic mass is 10.0. The van der Waals surface area contributed by atoms with E-state index in [0.29, 0.717) is 0 Å². The maximum Gasteiger partial charge on any atom is 0.522 e. The molecule has 0 rings (SSSR count). The number of hydrogen-bond donors (Lipinski definition) is 1. The highest BCUT2D eigenvalue weighted by atomic mass is 32.2. The molecule has 0 aromatic carbocycles. The molecule has 57 heavy (non-hydrogen) atoms. The lowest BCUT2D eigenvalue weighted by molar-refractivity contribution is -0.0510. The van der Waals surface area contributed by atoms with Gasteiger partial charge in [-0.1, -0.05) is 271 Å². The van der Waals surface area contributed by atoms with Crippen LogP contribution in [0.5, 0.6) is 0 Å². The smallest absolute Gasteiger partial charge is 0.303 e. The summed E-state index contributed by atoms with van der Waals surface area (Å²) in [6.45, 7) is 11.1. The van der Waals surface area contributed by atoms with Crippen molar-refractivity contribution < 1.29 is 26.1 Å². The molecule has 1 N–H and O–H groups in total. The molecule has 0 aliphatic heterocycles. The number of rotatable bonds is 45. The standard InChI is InChI=1S/C48H99N.CHF3O3S/c1-4-7-10-13-16-19-22-25-28-31-34-37-40-43-46-49(47-44-41-38-35-32-29-26-23-20-17-14-11-8-5-2)48-45-42-39-36-33-30-27-24-21-18-15-12-9-6-3;2-1(3,4)8(5,6)7/h4-48H2,1-3H3;(H,5,6,7). The van der Waals surface area contributed by atoms with Crippen LogP contribution in [0.25, 0.3) is 0 Å². The molecule has 0 atom stereocenters. The minimum atomic E-state index is -5.84. The summed E-state index contributed by atoms with van der Waals surface area (Å²) in [4.78, 5) is 2.88. The summed E-state index contributed by atoms with van der Waals surface area (Å²) in [5.41, 5.74) is -5.53. The average molecular weight is 840 g/mol. The minimum Gasteiger partial charge on any atom is -0.303 e. The Morgan fingerprint density at radius 3 is 0.561 bits per heavy atom. The molecule has 0 bridgehead atoms. The zero-order valence-electron chi connectivity index (χ0n) is 38.6. The molecular formula is C49H100F3NO3S. The van der Waals surface area contributed by atoms with E-state index < -0.39 is 15.6 Å². The van der Waals surface area contributed by atoms with Gasteiger partial charge in [-0.3, -0.25) is 4.55 Å². The zero-order chi connectivity index (χ0) is 42.4. The highest BCUT2D eigenvalue weighted by molar-refractivity contribution is 7.86. The van der Waals surface area contributed by atoms with E-state index in [1.54, 1.807) is 0 Å². The average Bonchev–Trinajstić information content (AvgIpc) is 3.17. The van der Waals surface area contributed by atoms with Crippen molar-refractivity contribution in [3.63, 3.8) is 0 Å². The van der Waals surface area contributed by atoms with Crippen molar-refractivity contribution in [2.45, 2.75) is 296 Å². The van der Waals surface area contributed by atoms with Crippen LogP contribution in [0.1, 0.15) is 290 Å². The predicted molar refractivity (Wildman–Crippen MR) is 245 cm³/mol. The number of nitrogens with zero attached hydrogens (tertiary/aromatic N) is 1. The van der Waals surface area contributed by atoms with Crippen LogP contribution < -0.4 is 0 Å². The van der Waals surface area contributed by atoms with Crippen LogP contribution in [-0.4, -0.2) is 43.0 Å². The van der Waals surface area contributed by atoms with Crippen molar-refractivity contribution in [3.8, 4) is 0 Å². The number of hydrogen-bond acceptors (Lipinski definition) is 3. The number of alkyl halides is 3. The van der Waals surface area contributed by atoms with Gasteiger partial charge in [-0.2, -0.15) is 21.6 Å². The quantitative estimate of drug-likeness (QED) is 0.0377. The second-order valence-corrected chi connectivity index (χ2v) is 19.0. The molecule has 0 aromatic rings. The number of unbranched alkanes of at least 4 members (excludes halogenated alkanes) is 39. The van der Waals surface area contributed by atoms with Gasteiger partial charge in [0.15, 0.2) is 0 Å². The first-order valence-electron chi connectivity index (χ1n) is 25.4. The molecule has 0 saturated heterocycles. The molecule has 0 saturated carbocycles. The van der Waals surface area contributed by atoms with Crippen LogP contribution in [0.3, 0.4) is 0 Å². The summed E-state index contributed by atoms with van der Waals surface area (Å²) in [6, 6.07) is 0. The highest BCUT2D eigenvalue weighted by Crippen LogP contribution is 2.21. The van der Waals surface area contributed by atoms with Crippen LogP contribution in [0.15, 0.2) is 0 Å². The largest absolute Gasteiger partial charge is 0.522 e. The SMILES string of the molecule is CCCCCCCCCCCCCCCCN(CCCCCCCCCCCCCCCC)CCCCCCCCCCCCCCCC.O=S(=O)(O)C(F)(F)F. The van der Waals surface area contributed by atoms with Crippen LogP contribution in [0.2, 0.25) is 0 Å². The van der Waals surface area contributed by atoms with Crippen LogP contribution >= 0.6 is 0 Å². The molecule has 346 valence electrons. The van der Waals surface area contributed by atoms with E-state index in [1.807, 2.05) is 0 Å². The van der Waals surface area contributed by atoms with Gasteiger partial charge in [0.1, 0.15) is 0 Å². The van der Waals surface area contributed by atoms with E-state index in [4.69, 9.17) is 13.0 Å². The minimum absolute atomic E-state index is 1.37. The molecule has 0 aliphatic rings. The molecule has 0 fully saturated rings. The third kappa shape index (κ3) is 49.9. The third-order valence-corrected chi connectivity index (χ3v) is 12.4. The Kier molecular flexibility index (Phi) is 48.2. The summed E-state index contributed by atoms with van der Waals surface area (Å²) >= 11 is 0. The summed E-state index contributed by atoms with van der Waals surface area (Å²) < 4.78 is 57.5. The van der Waals surface area contributed by atoms with E-state index in [-0.39, 0.29) is 0 Å². The second kappa shape index (κ2) is 46.7. The van der Waals surface area contributed by atoms with Crippen molar-refractivity contribution in [3.05, 3.63) is 0 Å². The molecule has 8 heteroatoms. The van der Waals surface area contributed by atoms with E-state index in [0.717, 1.165) is 0 Å². The van der Waals surface area contributed by atoms with Crippen LogP contribution in [0, 0.1) is 0 Å². The van der Waals surface area contributed by atoms with Gasteiger partial charge in [-0.25, -0.2) is 0 Å². The van der Waals surface area contributed by atoms with Crippen LogP contribution in [0.4, 0.5) is 13.2 Å². The van der Waals surface area contributed by atoms with Gasteiger partial charge in [0.05, 0.1) is 0 Å². The van der Waals surface area contributed by atoms with Crippen molar-refractivity contribution in [2.24, 2.45) is 0 Å². The first kappa shape index (κ1) is 58.8. The topological polar surface area (TPSA) is 57.6 Å². The number of halogens is 3. The van der Waals surface area contributed by atoms with E-state index in [1.165, 1.54) is 289 Å². The van der Waals surface area contributed by atoms with Gasteiger partial charge in [0.2, 0.25) is 0 Å². The van der Waals surface area contributed by atoms with Crippen molar-refractivity contribution in [1.82, 2.24) is 4.90 Å². The Hall–Kier alpha value is -0.340. The Labute approximate surface area is 355 Å². The van der Waals surface area contributed by atoms with Crippen molar-refractivity contribution >= 4 is 10.1 Å². The van der Waals surface area contributed by atoms with E-state index in [2.05, 4.69) is 25.7 Å². The fraction of sp³-hybridized carbons (Fsp3) is 1.00. The summed E-state index contributed by atoms with van der Waals surface area (Å²) in [5, 5.41) is 0. The lowest BCUT2D eigenvalue weighted by Gasteiger charge is -2.22. The van der Waals surface area contributed by atoms with Gasteiger partial charge in [-0.05, 0) is 38.9 Å². The second-order valence-electron chi connectivity index (χ2n) is 17.6. The van der Waals surface area contributed by atoms with Crippen molar-refractivity contribution in [1.29, 1.82) is 0 Å². The van der Waals surface area contributed by atoms with Gasteiger partial charge >= 0.3 is 15.6 Å². The summed E-state index contributed by atoms with van der Waals surface area (Å²) in [6.07, 6.45) is 61.6. The Morgan fingerprint density at radius 1 is 0.316 bits per heavy atom. The molecule has 0 aliphatic carbocycles. The monoisotopic (exact) mass is 840 g/mol. The fourth-order valence-corrected chi connectivity index (χ4v) is 7.93. The molecule has 0 radical (unpaired) electrons.